The van der Waals surface area contributed by atoms with Gasteiger partial charge < -0.3 is 16.0 Å². The molecule has 0 fully saturated rings. The van der Waals surface area contributed by atoms with E-state index >= 15 is 0 Å². The summed E-state index contributed by atoms with van der Waals surface area (Å²) < 4.78 is 25.6. The molecule has 1 aromatic heterocycles. The molecule has 0 spiro atoms. The van der Waals surface area contributed by atoms with Gasteiger partial charge in [0.2, 0.25) is 0 Å². The molecule has 0 radical (unpaired) electrons. The van der Waals surface area contributed by atoms with Crippen molar-refractivity contribution in [3.05, 3.63) is 29.4 Å². The maximum absolute atomic E-state index is 13.3. The van der Waals surface area contributed by atoms with Crippen LogP contribution in [0, 0.1) is 0 Å². The summed E-state index contributed by atoms with van der Waals surface area (Å²) in [6.45, 7) is -0.438. The Morgan fingerprint density at radius 2 is 2.18 bits per heavy atom. The molecule has 4 nitrogen and oxygen atoms in total. The summed E-state index contributed by atoms with van der Waals surface area (Å²) in [4.78, 5) is 5.95. The predicted molar refractivity (Wildman–Crippen MR) is 88.0 cm³/mol. The summed E-state index contributed by atoms with van der Waals surface area (Å²) in [5, 5.41) is 4.38. The Labute approximate surface area is 133 Å². The number of nitrogens with two attached hydrogens (primary N) is 1. The van der Waals surface area contributed by atoms with Crippen LogP contribution in [0.5, 0.6) is 0 Å². The minimum atomic E-state index is -0.597. The number of alkyl halides is 2. The fourth-order valence-electron chi connectivity index (χ4n) is 2.29. The molecule has 1 aromatic carbocycles. The SMILES string of the molecule is CN(CCF)CC(CF)Nc1c(N)cnc2ccc(Cl)cc12. The average molecular weight is 329 g/mol. The lowest BCUT2D eigenvalue weighted by Gasteiger charge is -2.24. The second kappa shape index (κ2) is 7.56. The van der Waals surface area contributed by atoms with E-state index in [0.29, 0.717) is 22.9 Å². The highest BCUT2D eigenvalue weighted by Crippen LogP contribution is 2.30. The van der Waals surface area contributed by atoms with Crippen LogP contribution in [0.3, 0.4) is 0 Å². The highest BCUT2D eigenvalue weighted by atomic mass is 35.5. The number of nitrogens with zero attached hydrogens (tertiary/aromatic N) is 2. The number of halogens is 3. The molecular weight excluding hydrogens is 310 g/mol. The second-order valence-corrected chi connectivity index (χ2v) is 5.63. The van der Waals surface area contributed by atoms with Crippen LogP contribution in [0.4, 0.5) is 20.2 Å². The Bertz CT molecular complexity index is 633. The summed E-state index contributed by atoms with van der Waals surface area (Å²) in [5.41, 5.74) is 7.70. The van der Waals surface area contributed by atoms with Gasteiger partial charge in [0.1, 0.15) is 13.3 Å². The Morgan fingerprint density at radius 1 is 1.41 bits per heavy atom. The summed E-state index contributed by atoms with van der Waals surface area (Å²) in [5.74, 6) is 0. The lowest BCUT2D eigenvalue weighted by Crippen LogP contribution is -2.37. The first kappa shape index (κ1) is 16.7. The van der Waals surface area contributed by atoms with E-state index in [-0.39, 0.29) is 6.54 Å². The Kier molecular flexibility index (Phi) is 5.74. The van der Waals surface area contributed by atoms with E-state index in [2.05, 4.69) is 10.3 Å². The molecule has 22 heavy (non-hydrogen) atoms. The largest absolute Gasteiger partial charge is 0.396 e. The Morgan fingerprint density at radius 3 is 2.86 bits per heavy atom. The standard InChI is InChI=1S/C15H19ClF2N4/c1-22(5-4-17)9-11(7-18)21-15-12-6-10(16)2-3-14(12)20-8-13(15)19/h2-3,6,8,11H,4-5,7,9,19H2,1H3,(H,20,21). The van der Waals surface area contributed by atoms with E-state index < -0.39 is 19.4 Å². The summed E-state index contributed by atoms with van der Waals surface area (Å²) in [7, 11) is 1.74. The van der Waals surface area contributed by atoms with Gasteiger partial charge >= 0.3 is 0 Å². The van der Waals surface area contributed by atoms with E-state index in [1.807, 2.05) is 0 Å². The number of anilines is 2. The number of pyridine rings is 1. The molecule has 1 unspecified atom stereocenters. The molecule has 1 atom stereocenters. The van der Waals surface area contributed by atoms with Crippen molar-refractivity contribution >= 4 is 33.9 Å². The molecular formula is C15H19ClF2N4. The van der Waals surface area contributed by atoms with Gasteiger partial charge in [-0.25, -0.2) is 8.78 Å². The summed E-state index contributed by atoms with van der Waals surface area (Å²) in [6, 6.07) is 4.76. The molecule has 0 saturated carbocycles. The normalized spacial score (nSPS) is 12.8. The lowest BCUT2D eigenvalue weighted by atomic mass is 10.1. The topological polar surface area (TPSA) is 54.2 Å². The summed E-state index contributed by atoms with van der Waals surface area (Å²) in [6.07, 6.45) is 1.53. The van der Waals surface area contributed by atoms with E-state index in [1.165, 1.54) is 6.20 Å². The molecule has 3 N–H and O–H groups in total. The molecule has 7 heteroatoms. The quantitative estimate of drug-likeness (QED) is 0.820. The van der Waals surface area contributed by atoms with Crippen LogP contribution >= 0.6 is 11.6 Å². The molecule has 0 aliphatic heterocycles. The number of aromatic nitrogens is 1. The fourth-order valence-corrected chi connectivity index (χ4v) is 2.46. The molecule has 0 amide bonds. The monoisotopic (exact) mass is 328 g/mol. The van der Waals surface area contributed by atoms with Crippen LogP contribution in [0.1, 0.15) is 0 Å². The van der Waals surface area contributed by atoms with Crippen molar-refractivity contribution < 1.29 is 8.78 Å². The van der Waals surface area contributed by atoms with Crippen molar-refractivity contribution in [3.63, 3.8) is 0 Å². The van der Waals surface area contributed by atoms with Crippen LogP contribution in [0.15, 0.2) is 24.4 Å². The minimum absolute atomic E-state index is 0.260. The molecule has 0 aliphatic rings. The number of hydrogen-bond acceptors (Lipinski definition) is 4. The van der Waals surface area contributed by atoms with Crippen LogP contribution in [-0.2, 0) is 0 Å². The number of rotatable bonds is 7. The summed E-state index contributed by atoms with van der Waals surface area (Å²) >= 11 is 6.02. The zero-order chi connectivity index (χ0) is 16.1. The van der Waals surface area contributed by atoms with Crippen molar-refractivity contribution in [2.24, 2.45) is 0 Å². The first-order valence-corrected chi connectivity index (χ1v) is 7.33. The van der Waals surface area contributed by atoms with Crippen LogP contribution in [-0.4, -0.2) is 49.4 Å². The zero-order valence-electron chi connectivity index (χ0n) is 12.3. The van der Waals surface area contributed by atoms with E-state index in [4.69, 9.17) is 17.3 Å². The van der Waals surface area contributed by atoms with Crippen LogP contribution < -0.4 is 11.1 Å². The third-order valence-electron chi connectivity index (χ3n) is 3.39. The third-order valence-corrected chi connectivity index (χ3v) is 3.63. The van der Waals surface area contributed by atoms with Crippen molar-refractivity contribution in [1.82, 2.24) is 9.88 Å². The van der Waals surface area contributed by atoms with Crippen molar-refractivity contribution in [2.75, 3.05) is 44.5 Å². The van der Waals surface area contributed by atoms with Gasteiger partial charge in [0.05, 0.1) is 29.1 Å². The third kappa shape index (κ3) is 3.96. The van der Waals surface area contributed by atoms with Gasteiger partial charge in [-0.3, -0.25) is 4.98 Å². The van der Waals surface area contributed by atoms with Crippen molar-refractivity contribution in [2.45, 2.75) is 6.04 Å². The Hall–Kier alpha value is -1.66. The maximum atomic E-state index is 13.3. The van der Waals surface area contributed by atoms with Gasteiger partial charge in [-0.15, -0.1) is 0 Å². The molecule has 2 rings (SSSR count). The highest BCUT2D eigenvalue weighted by molar-refractivity contribution is 6.31. The van der Waals surface area contributed by atoms with Crippen molar-refractivity contribution in [3.8, 4) is 0 Å². The molecule has 0 aliphatic carbocycles. The first-order valence-electron chi connectivity index (χ1n) is 6.96. The molecule has 1 heterocycles. The smallest absolute Gasteiger partial charge is 0.111 e. The minimum Gasteiger partial charge on any atom is -0.396 e. The van der Waals surface area contributed by atoms with Gasteiger partial charge in [0.25, 0.3) is 0 Å². The number of fused-ring (bicyclic) bond motifs is 1. The van der Waals surface area contributed by atoms with Gasteiger partial charge in [-0.2, -0.15) is 0 Å². The lowest BCUT2D eigenvalue weighted by molar-refractivity contribution is 0.268. The Balaban J connectivity index is 2.28. The van der Waals surface area contributed by atoms with E-state index in [1.54, 1.807) is 30.1 Å². The predicted octanol–water partition coefficient (Wildman–Crippen LogP) is 3.12. The maximum Gasteiger partial charge on any atom is 0.111 e. The first-order chi connectivity index (χ1) is 10.5. The van der Waals surface area contributed by atoms with Crippen molar-refractivity contribution in [1.29, 1.82) is 0 Å². The molecule has 120 valence electrons. The zero-order valence-corrected chi connectivity index (χ0v) is 13.1. The van der Waals surface area contributed by atoms with E-state index in [9.17, 15) is 8.78 Å². The van der Waals surface area contributed by atoms with Gasteiger partial charge in [0, 0.05) is 23.5 Å². The van der Waals surface area contributed by atoms with Gasteiger partial charge in [-0.1, -0.05) is 11.6 Å². The van der Waals surface area contributed by atoms with Gasteiger partial charge in [0.15, 0.2) is 0 Å². The number of benzene rings is 1. The molecule has 2 aromatic rings. The van der Waals surface area contributed by atoms with Gasteiger partial charge in [-0.05, 0) is 25.2 Å². The fraction of sp³-hybridized carbons (Fsp3) is 0.400. The number of hydrogen-bond donors (Lipinski definition) is 2. The second-order valence-electron chi connectivity index (χ2n) is 5.20. The van der Waals surface area contributed by atoms with E-state index in [0.717, 1.165) is 10.9 Å². The highest BCUT2D eigenvalue weighted by Gasteiger charge is 2.15. The molecule has 0 saturated heterocycles. The van der Waals surface area contributed by atoms with Crippen LogP contribution in [0.25, 0.3) is 10.9 Å². The number of likely N-dealkylation sites (N-methyl/N-ethyl adjacent to an activating group) is 1. The number of nitrogen functional groups attached to an aromatic ring is 1. The number of nitrogens with one attached hydrogen (secondary N) is 1. The van der Waals surface area contributed by atoms with Crippen LogP contribution in [0.2, 0.25) is 5.02 Å². The average Bonchev–Trinajstić information content (AvgIpc) is 2.49. The molecule has 0 bridgehead atoms.